The van der Waals surface area contributed by atoms with Crippen molar-refractivity contribution in [2.75, 3.05) is 44.2 Å². The van der Waals surface area contributed by atoms with Crippen LogP contribution < -0.4 is 4.90 Å². The van der Waals surface area contributed by atoms with Crippen molar-refractivity contribution in [2.45, 2.75) is 32.1 Å². The molecule has 1 aromatic rings. The van der Waals surface area contributed by atoms with E-state index in [9.17, 15) is 9.59 Å². The Morgan fingerprint density at radius 1 is 0.839 bits per heavy atom. The highest BCUT2D eigenvalue weighted by Crippen LogP contribution is 2.47. The zero-order chi connectivity index (χ0) is 20.5. The highest BCUT2D eigenvalue weighted by Gasteiger charge is 2.54. The number of rotatable bonds is 6. The second kappa shape index (κ2) is 9.65. The Morgan fingerprint density at radius 3 is 2.03 bits per heavy atom. The van der Waals surface area contributed by atoms with Gasteiger partial charge in [-0.25, -0.2) is 9.97 Å². The Balaban J connectivity index is 0.00000231. The molecule has 31 heavy (non-hydrogen) atoms. The van der Waals surface area contributed by atoms with Crippen molar-refractivity contribution in [1.29, 1.82) is 0 Å². The molecule has 3 aliphatic carbocycles. The van der Waals surface area contributed by atoms with Crippen LogP contribution in [-0.2, 0) is 9.59 Å². The summed E-state index contributed by atoms with van der Waals surface area (Å²) in [6.07, 6.45) is 13.2. The number of piperazine rings is 1. The molecular formula is C23H32ClN5O2. The number of halogens is 1. The molecule has 5 aliphatic rings. The number of fused-ring (bicyclic) bond motifs is 2. The quantitative estimate of drug-likeness (QED) is 0.380. The van der Waals surface area contributed by atoms with Crippen molar-refractivity contribution in [3.05, 3.63) is 30.6 Å². The van der Waals surface area contributed by atoms with Crippen LogP contribution in [0.4, 0.5) is 5.95 Å². The number of likely N-dealkylation sites (tertiary alicyclic amines) is 1. The smallest absolute Gasteiger partial charge is 0.233 e. The van der Waals surface area contributed by atoms with Gasteiger partial charge in [0.1, 0.15) is 0 Å². The summed E-state index contributed by atoms with van der Waals surface area (Å²) < 4.78 is 0. The molecule has 0 N–H and O–H groups in total. The van der Waals surface area contributed by atoms with Crippen LogP contribution in [0, 0.1) is 23.7 Å². The molecule has 2 amide bonds. The van der Waals surface area contributed by atoms with Gasteiger partial charge in [0.05, 0.1) is 11.8 Å². The third-order valence-corrected chi connectivity index (χ3v) is 7.41. The van der Waals surface area contributed by atoms with Crippen LogP contribution >= 0.6 is 12.4 Å². The maximum atomic E-state index is 13.0. The highest BCUT2D eigenvalue weighted by molar-refractivity contribution is 6.05. The van der Waals surface area contributed by atoms with E-state index in [4.69, 9.17) is 0 Å². The second-order valence-electron chi connectivity index (χ2n) is 9.11. The highest BCUT2D eigenvalue weighted by atomic mass is 35.5. The number of amides is 2. The minimum Gasteiger partial charge on any atom is -0.338 e. The maximum absolute atomic E-state index is 13.0. The molecule has 3 heterocycles. The molecule has 2 bridgehead atoms. The number of unbranched alkanes of at least 4 members (excludes halogenated alkanes) is 1. The van der Waals surface area contributed by atoms with Gasteiger partial charge in [0.25, 0.3) is 0 Å². The molecule has 0 radical (unpaired) electrons. The van der Waals surface area contributed by atoms with Crippen molar-refractivity contribution in [1.82, 2.24) is 19.8 Å². The number of nitrogens with zero attached hydrogens (tertiary/aromatic N) is 5. The topological polar surface area (TPSA) is 69.6 Å². The van der Waals surface area contributed by atoms with Gasteiger partial charge >= 0.3 is 0 Å². The van der Waals surface area contributed by atoms with Gasteiger partial charge in [-0.05, 0) is 50.1 Å². The normalized spacial score (nSPS) is 30.3. The fourth-order valence-electron chi connectivity index (χ4n) is 5.79. The minimum absolute atomic E-state index is 0. The van der Waals surface area contributed by atoms with Gasteiger partial charge in [0.2, 0.25) is 17.8 Å². The van der Waals surface area contributed by atoms with Crippen LogP contribution in [0.3, 0.4) is 0 Å². The Kier molecular flexibility index (Phi) is 6.92. The number of anilines is 1. The molecule has 8 heteroatoms. The van der Waals surface area contributed by atoms with Gasteiger partial charge in [-0.1, -0.05) is 18.6 Å². The van der Waals surface area contributed by atoms with Gasteiger partial charge in [-0.3, -0.25) is 19.4 Å². The second-order valence-corrected chi connectivity index (χ2v) is 9.11. The fraction of sp³-hybridized carbons (Fsp3) is 0.652. The lowest BCUT2D eigenvalue weighted by Gasteiger charge is -2.34. The standard InChI is InChI=1S/C23H31N5O2.ClH/c29-21-19-17-5-3-6-18(8-7-17)20(19)22(30)28(21)12-2-1-11-26-13-15-27(16-14-26)23-24-9-4-10-25-23;/h4,7-10,17-20H,1-3,5-6,11-16H2;1H. The average Bonchev–Trinajstić information content (AvgIpc) is 2.99. The first kappa shape index (κ1) is 22.2. The van der Waals surface area contributed by atoms with Crippen LogP contribution in [-0.4, -0.2) is 70.9 Å². The van der Waals surface area contributed by atoms with E-state index in [1.54, 1.807) is 17.3 Å². The predicted molar refractivity (Wildman–Crippen MR) is 121 cm³/mol. The summed E-state index contributed by atoms with van der Waals surface area (Å²) in [7, 11) is 0. The van der Waals surface area contributed by atoms with Gasteiger partial charge in [-0.15, -0.1) is 12.4 Å². The van der Waals surface area contributed by atoms with Gasteiger partial charge < -0.3 is 4.90 Å². The minimum atomic E-state index is -0.0803. The van der Waals surface area contributed by atoms with E-state index in [0.29, 0.717) is 6.54 Å². The first-order valence-electron chi connectivity index (χ1n) is 11.5. The first-order valence-corrected chi connectivity index (χ1v) is 11.5. The van der Waals surface area contributed by atoms with Crippen LogP contribution in [0.1, 0.15) is 32.1 Å². The SMILES string of the molecule is Cl.O=C1C2C3C=CC(CCC3)C2C(=O)N1CCCCN1CCN(c2ncccn2)CC1. The van der Waals surface area contributed by atoms with Crippen LogP contribution in [0.5, 0.6) is 0 Å². The molecule has 2 aliphatic heterocycles. The molecule has 4 atom stereocenters. The fourth-order valence-corrected chi connectivity index (χ4v) is 5.79. The van der Waals surface area contributed by atoms with E-state index in [2.05, 4.69) is 31.9 Å². The van der Waals surface area contributed by atoms with E-state index in [0.717, 1.165) is 70.8 Å². The summed E-state index contributed by atoms with van der Waals surface area (Å²) >= 11 is 0. The number of hydrogen-bond acceptors (Lipinski definition) is 6. The lowest BCUT2D eigenvalue weighted by Crippen LogP contribution is -2.47. The summed E-state index contributed by atoms with van der Waals surface area (Å²) in [5, 5.41) is 0. The zero-order valence-electron chi connectivity index (χ0n) is 17.9. The van der Waals surface area contributed by atoms with Gasteiger partial charge in [0.15, 0.2) is 0 Å². The number of hydrogen-bond donors (Lipinski definition) is 0. The van der Waals surface area contributed by atoms with Crippen LogP contribution in [0.2, 0.25) is 0 Å². The molecule has 168 valence electrons. The van der Waals surface area contributed by atoms with E-state index in [1.165, 1.54) is 0 Å². The number of aromatic nitrogens is 2. The van der Waals surface area contributed by atoms with Crippen molar-refractivity contribution in [3.8, 4) is 0 Å². The summed E-state index contributed by atoms with van der Waals surface area (Å²) in [5.41, 5.74) is 0. The Hall–Kier alpha value is -1.99. The number of carbonyl (C=O) groups is 2. The van der Waals surface area contributed by atoms with Crippen molar-refractivity contribution < 1.29 is 9.59 Å². The zero-order valence-corrected chi connectivity index (χ0v) is 18.8. The molecule has 4 unspecified atom stereocenters. The van der Waals surface area contributed by atoms with Crippen LogP contribution in [0.15, 0.2) is 30.6 Å². The molecule has 3 fully saturated rings. The number of allylic oxidation sites excluding steroid dienone is 2. The molecular weight excluding hydrogens is 414 g/mol. The summed E-state index contributed by atoms with van der Waals surface area (Å²) in [6.45, 7) is 5.47. The van der Waals surface area contributed by atoms with Crippen molar-refractivity contribution >= 4 is 30.2 Å². The van der Waals surface area contributed by atoms with E-state index in [1.807, 2.05) is 6.07 Å². The molecule has 2 saturated heterocycles. The predicted octanol–water partition coefficient (Wildman–Crippen LogP) is 2.39. The molecule has 0 aromatic carbocycles. The molecule has 1 saturated carbocycles. The third kappa shape index (κ3) is 4.35. The molecule has 0 spiro atoms. The molecule has 7 nitrogen and oxygen atoms in total. The largest absolute Gasteiger partial charge is 0.338 e. The lowest BCUT2D eigenvalue weighted by molar-refractivity contribution is -0.140. The summed E-state index contributed by atoms with van der Waals surface area (Å²) in [5.74, 6) is 1.40. The Morgan fingerprint density at radius 2 is 1.42 bits per heavy atom. The average molecular weight is 446 g/mol. The Bertz CT molecular complexity index is 779. The Labute approximate surface area is 190 Å². The molecule has 6 rings (SSSR count). The third-order valence-electron chi connectivity index (χ3n) is 7.41. The number of carbonyl (C=O) groups excluding carboxylic acids is 2. The number of imide groups is 1. The van der Waals surface area contributed by atoms with Gasteiger partial charge in [0, 0.05) is 45.1 Å². The van der Waals surface area contributed by atoms with Crippen molar-refractivity contribution in [3.63, 3.8) is 0 Å². The summed E-state index contributed by atoms with van der Waals surface area (Å²) in [4.78, 5) is 41.0. The van der Waals surface area contributed by atoms with E-state index < -0.39 is 0 Å². The monoisotopic (exact) mass is 445 g/mol. The lowest BCUT2D eigenvalue weighted by atomic mass is 9.73. The van der Waals surface area contributed by atoms with E-state index in [-0.39, 0.29) is 47.9 Å². The van der Waals surface area contributed by atoms with Gasteiger partial charge in [-0.2, -0.15) is 0 Å². The van der Waals surface area contributed by atoms with E-state index >= 15 is 0 Å². The molecule has 1 aromatic heterocycles. The van der Waals surface area contributed by atoms with Crippen LogP contribution in [0.25, 0.3) is 0 Å². The summed E-state index contributed by atoms with van der Waals surface area (Å²) in [6, 6.07) is 1.84. The van der Waals surface area contributed by atoms with Crippen molar-refractivity contribution in [2.24, 2.45) is 23.7 Å². The maximum Gasteiger partial charge on any atom is 0.233 e. The first-order chi connectivity index (χ1) is 14.7.